The van der Waals surface area contributed by atoms with Crippen LogP contribution in [-0.4, -0.2) is 14.5 Å². The standard InChI is InChI=1S/C6H8ClN3O2/c1-3-4-8-5(7)6(9(4)2)10(11)12/h3H2,1-2H3. The quantitative estimate of drug-likeness (QED) is 0.524. The van der Waals surface area contributed by atoms with Crippen LogP contribution in [0.2, 0.25) is 5.15 Å². The van der Waals surface area contributed by atoms with Crippen LogP contribution in [-0.2, 0) is 13.5 Å². The lowest BCUT2D eigenvalue weighted by Crippen LogP contribution is -2.00. The van der Waals surface area contributed by atoms with Gasteiger partial charge in [0.15, 0.2) is 5.82 Å². The lowest BCUT2D eigenvalue weighted by Gasteiger charge is -1.94. The molecule has 0 spiro atoms. The van der Waals surface area contributed by atoms with Crippen molar-refractivity contribution in [2.45, 2.75) is 13.3 Å². The first-order valence-electron chi connectivity index (χ1n) is 3.43. The summed E-state index contributed by atoms with van der Waals surface area (Å²) in [6.07, 6.45) is 0.629. The zero-order chi connectivity index (χ0) is 9.30. The van der Waals surface area contributed by atoms with Crippen molar-refractivity contribution in [1.82, 2.24) is 9.55 Å². The number of aryl methyl sites for hydroxylation is 1. The van der Waals surface area contributed by atoms with Gasteiger partial charge in [-0.25, -0.2) is 4.57 Å². The maximum Gasteiger partial charge on any atom is 0.361 e. The molecule has 1 aromatic heterocycles. The van der Waals surface area contributed by atoms with Gasteiger partial charge in [0.2, 0.25) is 5.15 Å². The monoisotopic (exact) mass is 189 g/mol. The molecule has 0 unspecified atom stereocenters. The average molecular weight is 190 g/mol. The van der Waals surface area contributed by atoms with Gasteiger partial charge in [0.05, 0.1) is 7.05 Å². The first kappa shape index (κ1) is 8.99. The third-order valence-corrected chi connectivity index (χ3v) is 1.86. The van der Waals surface area contributed by atoms with Crippen LogP contribution in [0.1, 0.15) is 12.7 Å². The second-order valence-electron chi connectivity index (χ2n) is 2.31. The van der Waals surface area contributed by atoms with E-state index in [1.807, 2.05) is 6.92 Å². The molecule has 0 aliphatic heterocycles. The van der Waals surface area contributed by atoms with E-state index in [9.17, 15) is 10.1 Å². The van der Waals surface area contributed by atoms with Crippen LogP contribution in [0.15, 0.2) is 0 Å². The third kappa shape index (κ3) is 1.27. The van der Waals surface area contributed by atoms with Crippen molar-refractivity contribution in [3.05, 3.63) is 21.1 Å². The molecular weight excluding hydrogens is 182 g/mol. The molecule has 66 valence electrons. The summed E-state index contributed by atoms with van der Waals surface area (Å²) in [4.78, 5) is 13.7. The number of imidazole rings is 1. The molecule has 5 nitrogen and oxygen atoms in total. The molecule has 0 N–H and O–H groups in total. The van der Waals surface area contributed by atoms with E-state index < -0.39 is 4.92 Å². The Hall–Kier alpha value is -1.10. The summed E-state index contributed by atoms with van der Waals surface area (Å²) < 4.78 is 1.39. The number of nitrogens with zero attached hydrogens (tertiary/aromatic N) is 3. The number of halogens is 1. The lowest BCUT2D eigenvalue weighted by molar-refractivity contribution is -0.391. The molecule has 0 aromatic carbocycles. The summed E-state index contributed by atoms with van der Waals surface area (Å²) in [5, 5.41) is 10.4. The zero-order valence-electron chi connectivity index (χ0n) is 6.74. The number of hydrogen-bond donors (Lipinski definition) is 0. The van der Waals surface area contributed by atoms with Gasteiger partial charge in [-0.15, -0.1) is 0 Å². The van der Waals surface area contributed by atoms with Gasteiger partial charge < -0.3 is 10.1 Å². The topological polar surface area (TPSA) is 61.0 Å². The predicted molar refractivity (Wildman–Crippen MR) is 44.3 cm³/mol. The van der Waals surface area contributed by atoms with E-state index in [2.05, 4.69) is 4.98 Å². The Kier molecular flexibility index (Phi) is 2.32. The fourth-order valence-corrected chi connectivity index (χ4v) is 1.31. The number of aromatic nitrogens is 2. The second kappa shape index (κ2) is 3.10. The van der Waals surface area contributed by atoms with Crippen molar-refractivity contribution in [2.24, 2.45) is 7.05 Å². The molecule has 0 fully saturated rings. The fraction of sp³-hybridized carbons (Fsp3) is 0.500. The predicted octanol–water partition coefficient (Wildman–Crippen LogP) is 1.54. The van der Waals surface area contributed by atoms with Gasteiger partial charge in [-0.2, -0.15) is 4.98 Å². The van der Waals surface area contributed by atoms with Gasteiger partial charge in [-0.1, -0.05) is 18.5 Å². The molecule has 0 atom stereocenters. The van der Waals surface area contributed by atoms with Gasteiger partial charge in [-0.05, 0) is 4.92 Å². The lowest BCUT2D eigenvalue weighted by atomic mass is 10.5. The summed E-state index contributed by atoms with van der Waals surface area (Å²) in [5.74, 6) is 0.472. The minimum atomic E-state index is -0.533. The van der Waals surface area contributed by atoms with Gasteiger partial charge >= 0.3 is 5.82 Å². The first-order valence-corrected chi connectivity index (χ1v) is 3.81. The highest BCUT2D eigenvalue weighted by Gasteiger charge is 2.21. The normalized spacial score (nSPS) is 10.2. The van der Waals surface area contributed by atoms with E-state index in [0.717, 1.165) is 0 Å². The van der Waals surface area contributed by atoms with E-state index in [-0.39, 0.29) is 11.0 Å². The molecule has 0 saturated carbocycles. The largest absolute Gasteiger partial charge is 0.361 e. The van der Waals surface area contributed by atoms with E-state index in [1.165, 1.54) is 4.57 Å². The highest BCUT2D eigenvalue weighted by atomic mass is 35.5. The van der Waals surface area contributed by atoms with Crippen LogP contribution in [0.3, 0.4) is 0 Å². The van der Waals surface area contributed by atoms with Crippen molar-refractivity contribution in [3.8, 4) is 0 Å². The minimum absolute atomic E-state index is 0.0423. The highest BCUT2D eigenvalue weighted by molar-refractivity contribution is 6.31. The molecule has 12 heavy (non-hydrogen) atoms. The zero-order valence-corrected chi connectivity index (χ0v) is 7.50. The molecule has 1 heterocycles. The fourth-order valence-electron chi connectivity index (χ4n) is 1.01. The van der Waals surface area contributed by atoms with Crippen molar-refractivity contribution in [2.75, 3.05) is 0 Å². The minimum Gasteiger partial charge on any atom is -0.358 e. The molecule has 6 heteroatoms. The van der Waals surface area contributed by atoms with Crippen molar-refractivity contribution < 1.29 is 4.92 Å². The molecule has 0 amide bonds. The Morgan fingerprint density at radius 1 is 1.75 bits per heavy atom. The Balaban J connectivity index is 3.28. The summed E-state index contributed by atoms with van der Waals surface area (Å²) in [7, 11) is 1.58. The Morgan fingerprint density at radius 3 is 2.58 bits per heavy atom. The van der Waals surface area contributed by atoms with E-state index >= 15 is 0 Å². The Bertz CT molecular complexity index is 321. The van der Waals surface area contributed by atoms with Crippen LogP contribution in [0.5, 0.6) is 0 Å². The van der Waals surface area contributed by atoms with Crippen LogP contribution < -0.4 is 0 Å². The molecule has 1 rings (SSSR count). The van der Waals surface area contributed by atoms with Gasteiger partial charge in [0.1, 0.15) is 0 Å². The summed E-state index contributed by atoms with van der Waals surface area (Å²) in [6, 6.07) is 0. The van der Waals surface area contributed by atoms with Crippen LogP contribution >= 0.6 is 11.6 Å². The van der Waals surface area contributed by atoms with Gasteiger partial charge in [0.25, 0.3) is 0 Å². The average Bonchev–Trinajstić information content (AvgIpc) is 2.25. The molecular formula is C6H8ClN3O2. The summed E-state index contributed by atoms with van der Waals surface area (Å²) in [6.45, 7) is 1.86. The first-order chi connectivity index (χ1) is 5.57. The smallest absolute Gasteiger partial charge is 0.358 e. The van der Waals surface area contributed by atoms with E-state index in [1.54, 1.807) is 7.05 Å². The number of hydrogen-bond acceptors (Lipinski definition) is 3. The molecule has 0 bridgehead atoms. The third-order valence-electron chi connectivity index (χ3n) is 1.61. The molecule has 0 saturated heterocycles. The number of nitro groups is 1. The van der Waals surface area contributed by atoms with Gasteiger partial charge in [-0.3, -0.25) is 0 Å². The molecule has 0 radical (unpaired) electrons. The molecule has 1 aromatic rings. The maximum absolute atomic E-state index is 10.4. The van der Waals surface area contributed by atoms with Crippen molar-refractivity contribution in [1.29, 1.82) is 0 Å². The van der Waals surface area contributed by atoms with Crippen LogP contribution in [0.4, 0.5) is 5.82 Å². The van der Waals surface area contributed by atoms with E-state index in [4.69, 9.17) is 11.6 Å². The highest BCUT2D eigenvalue weighted by Crippen LogP contribution is 2.23. The van der Waals surface area contributed by atoms with Crippen LogP contribution in [0, 0.1) is 10.1 Å². The Labute approximate surface area is 74.1 Å². The molecule has 0 aliphatic carbocycles. The van der Waals surface area contributed by atoms with Crippen LogP contribution in [0.25, 0.3) is 0 Å². The summed E-state index contributed by atoms with van der Waals surface area (Å²) >= 11 is 5.55. The molecule has 0 aliphatic rings. The SMILES string of the molecule is CCc1nc(Cl)c([N+](=O)[O-])n1C. The van der Waals surface area contributed by atoms with Gasteiger partial charge in [0, 0.05) is 6.42 Å². The van der Waals surface area contributed by atoms with E-state index in [0.29, 0.717) is 12.2 Å². The number of rotatable bonds is 2. The van der Waals surface area contributed by atoms with Crippen molar-refractivity contribution >= 4 is 17.4 Å². The second-order valence-corrected chi connectivity index (χ2v) is 2.67. The Morgan fingerprint density at radius 2 is 2.33 bits per heavy atom. The maximum atomic E-state index is 10.4. The summed E-state index contributed by atoms with van der Waals surface area (Å²) in [5.41, 5.74) is 0. The van der Waals surface area contributed by atoms with Crippen molar-refractivity contribution in [3.63, 3.8) is 0 Å².